The van der Waals surface area contributed by atoms with E-state index in [1.807, 2.05) is 58.2 Å². The summed E-state index contributed by atoms with van der Waals surface area (Å²) in [5, 5.41) is 9.49. The van der Waals surface area contributed by atoms with Gasteiger partial charge in [0, 0.05) is 40.1 Å². The molecular weight excluding hydrogens is 875 g/mol. The number of nitrogens with zero attached hydrogens (tertiary/aromatic N) is 3. The number of sulfonamides is 1. The zero-order valence-corrected chi connectivity index (χ0v) is 40.3. The Hall–Kier alpha value is -5.16. The Morgan fingerprint density at radius 1 is 1.08 bits per heavy atom. The molecule has 17 heteroatoms. The maximum absolute atomic E-state index is 15.1. The third kappa shape index (κ3) is 9.45. The van der Waals surface area contributed by atoms with Gasteiger partial charge in [0.25, 0.3) is 11.8 Å². The molecule has 1 saturated heterocycles. The lowest BCUT2D eigenvalue weighted by Crippen LogP contribution is -2.59. The average molecular weight is 935 g/mol. The zero-order valence-electron chi connectivity index (χ0n) is 38.7. The third-order valence-electron chi connectivity index (χ3n) is 13.1. The van der Waals surface area contributed by atoms with Crippen molar-refractivity contribution in [1.29, 1.82) is 0 Å². The zero-order chi connectivity index (χ0) is 47.4. The first-order valence-electron chi connectivity index (χ1n) is 22.2. The largest absolute Gasteiger partial charge is 0.496 e. The number of likely N-dealkylation sites (tertiary alicyclic amines) is 1. The number of aryl methyl sites for hydroxylation is 1. The van der Waals surface area contributed by atoms with E-state index in [-0.39, 0.29) is 42.5 Å². The quantitative estimate of drug-likeness (QED) is 0.0926. The average Bonchev–Trinajstić information content (AvgIpc) is 4.03. The van der Waals surface area contributed by atoms with Crippen LogP contribution in [-0.2, 0) is 30.3 Å². The molecule has 0 spiro atoms. The van der Waals surface area contributed by atoms with E-state index in [1.54, 1.807) is 20.1 Å². The molecule has 0 radical (unpaired) electrons. The van der Waals surface area contributed by atoms with Gasteiger partial charge in [-0.1, -0.05) is 66.2 Å². The Labute approximate surface area is 384 Å². The van der Waals surface area contributed by atoms with E-state index >= 15 is 13.6 Å². The Balaban J connectivity index is 1.26. The lowest BCUT2D eigenvalue weighted by molar-refractivity contribution is -0.141. The van der Waals surface area contributed by atoms with Crippen LogP contribution in [0.25, 0.3) is 21.6 Å². The highest BCUT2D eigenvalue weighted by molar-refractivity contribution is 7.91. The Bertz CT molecular complexity index is 2640. The summed E-state index contributed by atoms with van der Waals surface area (Å²) in [4.78, 5) is 55.2. The Kier molecular flexibility index (Phi) is 12.9. The van der Waals surface area contributed by atoms with Crippen LogP contribution in [0.3, 0.4) is 0 Å². The van der Waals surface area contributed by atoms with Gasteiger partial charge in [-0.2, -0.15) is 8.78 Å². The Morgan fingerprint density at radius 2 is 1.80 bits per heavy atom. The number of allylic oxidation sites excluding steroid dienone is 2. The molecule has 5 atom stereocenters. The standard InChI is InChI=1S/C48H60F2N6O7S2/c1-11-18-48(49,50)30-14-13-15-31(21-30)51-40(45(6,7)8)43(58)56-25-32(22-36(56)41(57)54-47(24-29(47)12-2)44(59)55-65(60,61)46(9)19-20-46)63-38-23-34(42-53-35(26-64-42)27(3)4)52-39-28(5)37(62-10)17-16-33(38)39/h11,13-18,21,23,26-27,29,32,36,40,51H,12,19-20,22,24-25H2,1-10H3,(H,54,57)(H,55,59). The fourth-order valence-electron chi connectivity index (χ4n) is 8.53. The number of methoxy groups -OCH3 is 1. The number of ether oxygens (including phenoxy) is 2. The third-order valence-corrected chi connectivity index (χ3v) is 16.1. The van der Waals surface area contributed by atoms with Crippen molar-refractivity contribution < 1.29 is 41.1 Å². The normalized spacial score (nSPS) is 22.2. The minimum atomic E-state index is -4.02. The van der Waals surface area contributed by atoms with E-state index in [2.05, 4.69) is 29.2 Å². The number of benzene rings is 2. The number of halogens is 2. The first-order valence-corrected chi connectivity index (χ1v) is 24.5. The SMILES string of the molecule is CC=CC(F)(F)c1cccc(NC(C(=O)N2CC(Oc3cc(-c4nc(C(C)C)cs4)nc4c(C)c(OC)ccc34)CC2C(=O)NC2(C(=O)NS(=O)(=O)C3(C)CC3)CC2CC)C(C)(C)C)c1. The van der Waals surface area contributed by atoms with Gasteiger partial charge >= 0.3 is 0 Å². The van der Waals surface area contributed by atoms with Crippen LogP contribution in [0.15, 0.2) is 60.0 Å². The van der Waals surface area contributed by atoms with Crippen molar-refractivity contribution in [3.8, 4) is 22.2 Å². The summed E-state index contributed by atoms with van der Waals surface area (Å²) in [6, 6.07) is 8.99. The van der Waals surface area contributed by atoms with Gasteiger partial charge < -0.3 is 25.0 Å². The van der Waals surface area contributed by atoms with Crippen molar-refractivity contribution in [2.45, 2.75) is 135 Å². The van der Waals surface area contributed by atoms with Gasteiger partial charge in [-0.3, -0.25) is 19.1 Å². The van der Waals surface area contributed by atoms with Gasteiger partial charge in [0.15, 0.2) is 0 Å². The fraction of sp³-hybridized carbons (Fsp3) is 0.521. The molecule has 7 rings (SSSR count). The highest BCUT2D eigenvalue weighted by Gasteiger charge is 2.63. The van der Waals surface area contributed by atoms with E-state index in [9.17, 15) is 18.0 Å². The number of nitrogens with one attached hydrogen (secondary N) is 3. The molecule has 3 N–H and O–H groups in total. The van der Waals surface area contributed by atoms with Crippen LogP contribution < -0.4 is 24.8 Å². The highest BCUT2D eigenvalue weighted by Crippen LogP contribution is 2.48. The maximum Gasteiger partial charge on any atom is 0.291 e. The number of carbonyl (C=O) groups excluding carboxylic acids is 3. The molecule has 13 nitrogen and oxygen atoms in total. The number of amides is 3. The highest BCUT2D eigenvalue weighted by atomic mass is 32.2. The van der Waals surface area contributed by atoms with Crippen LogP contribution in [0.1, 0.15) is 110 Å². The summed E-state index contributed by atoms with van der Waals surface area (Å²) in [6.45, 7) is 16.4. The molecular formula is C48H60F2N6O7S2. The second-order valence-corrected chi connectivity index (χ2v) is 22.4. The molecule has 3 heterocycles. The van der Waals surface area contributed by atoms with Gasteiger partial charge in [0.05, 0.1) is 29.6 Å². The van der Waals surface area contributed by atoms with Crippen molar-refractivity contribution in [1.82, 2.24) is 24.9 Å². The van der Waals surface area contributed by atoms with E-state index in [0.717, 1.165) is 17.3 Å². The van der Waals surface area contributed by atoms with E-state index in [1.165, 1.54) is 47.4 Å². The first-order chi connectivity index (χ1) is 30.5. The van der Waals surface area contributed by atoms with Crippen LogP contribution in [0.2, 0.25) is 0 Å². The van der Waals surface area contributed by atoms with Crippen LogP contribution in [0.5, 0.6) is 11.5 Å². The number of fused-ring (bicyclic) bond motifs is 1. The monoisotopic (exact) mass is 934 g/mol. The van der Waals surface area contributed by atoms with Crippen LogP contribution >= 0.6 is 11.3 Å². The molecule has 3 fully saturated rings. The maximum atomic E-state index is 15.1. The van der Waals surface area contributed by atoms with Crippen LogP contribution in [0, 0.1) is 18.3 Å². The van der Waals surface area contributed by atoms with Crippen LogP contribution in [0.4, 0.5) is 14.5 Å². The minimum Gasteiger partial charge on any atom is -0.496 e. The van der Waals surface area contributed by atoms with Crippen LogP contribution in [-0.4, -0.2) is 83.1 Å². The summed E-state index contributed by atoms with van der Waals surface area (Å²) in [7, 11) is -2.44. The lowest BCUT2D eigenvalue weighted by Gasteiger charge is -2.36. The number of anilines is 1. The van der Waals surface area contributed by atoms with Crippen molar-refractivity contribution in [2.24, 2.45) is 11.3 Å². The van der Waals surface area contributed by atoms with Gasteiger partial charge in [-0.15, -0.1) is 11.3 Å². The molecule has 3 amide bonds. The summed E-state index contributed by atoms with van der Waals surface area (Å²) in [6.07, 6.45) is 2.87. The molecule has 2 aliphatic carbocycles. The van der Waals surface area contributed by atoms with E-state index in [4.69, 9.17) is 19.4 Å². The lowest BCUT2D eigenvalue weighted by atomic mass is 9.85. The van der Waals surface area contributed by atoms with Gasteiger partial charge in [-0.05, 0) is 87.6 Å². The minimum absolute atomic E-state index is 0.00733. The number of thiazole rings is 1. The number of alkyl halides is 2. The number of pyridine rings is 1. The van der Waals surface area contributed by atoms with E-state index in [0.29, 0.717) is 52.4 Å². The van der Waals surface area contributed by atoms with E-state index < -0.39 is 67.6 Å². The van der Waals surface area contributed by atoms with Crippen molar-refractivity contribution in [2.75, 3.05) is 19.0 Å². The number of hydrogen-bond acceptors (Lipinski definition) is 11. The number of hydrogen-bond donors (Lipinski definition) is 3. The molecule has 4 aromatic rings. The van der Waals surface area contributed by atoms with Crippen molar-refractivity contribution in [3.05, 3.63) is 76.8 Å². The fourth-order valence-corrected chi connectivity index (χ4v) is 10.8. The second-order valence-electron chi connectivity index (χ2n) is 19.3. The van der Waals surface area contributed by atoms with Gasteiger partial charge in [0.1, 0.15) is 45.9 Å². The molecule has 3 aliphatic rings. The number of aromatic nitrogens is 2. The first kappa shape index (κ1) is 47.8. The second kappa shape index (κ2) is 17.6. The molecule has 2 aromatic carbocycles. The number of carbonyl (C=O) groups is 3. The van der Waals surface area contributed by atoms with Gasteiger partial charge in [0.2, 0.25) is 21.8 Å². The smallest absolute Gasteiger partial charge is 0.291 e. The molecule has 350 valence electrons. The molecule has 65 heavy (non-hydrogen) atoms. The Morgan fingerprint density at radius 3 is 2.40 bits per heavy atom. The summed E-state index contributed by atoms with van der Waals surface area (Å²) >= 11 is 1.46. The molecule has 1 aliphatic heterocycles. The molecule has 0 bridgehead atoms. The predicted molar refractivity (Wildman–Crippen MR) is 249 cm³/mol. The predicted octanol–water partition coefficient (Wildman–Crippen LogP) is 8.63. The molecule has 5 unspecified atom stereocenters. The molecule has 2 aromatic heterocycles. The van der Waals surface area contributed by atoms with Crippen molar-refractivity contribution in [3.63, 3.8) is 0 Å². The van der Waals surface area contributed by atoms with Crippen molar-refractivity contribution >= 4 is 55.7 Å². The summed E-state index contributed by atoms with van der Waals surface area (Å²) < 4.78 is 70.3. The summed E-state index contributed by atoms with van der Waals surface area (Å²) in [5.41, 5.74) is 0.589. The van der Waals surface area contributed by atoms with Gasteiger partial charge in [-0.25, -0.2) is 18.4 Å². The number of rotatable bonds is 16. The summed E-state index contributed by atoms with van der Waals surface area (Å²) in [5.74, 6) is -4.27. The molecule has 2 saturated carbocycles. The topological polar surface area (TPSA) is 169 Å².